The van der Waals surface area contributed by atoms with Crippen molar-refractivity contribution in [2.24, 2.45) is 5.92 Å². The van der Waals surface area contributed by atoms with Crippen LogP contribution in [0.3, 0.4) is 0 Å². The molecule has 6 nitrogen and oxygen atoms in total. The second-order valence-corrected chi connectivity index (χ2v) is 9.19. The van der Waals surface area contributed by atoms with Crippen LogP contribution in [0.5, 0.6) is 5.75 Å². The zero-order chi connectivity index (χ0) is 17.5. The lowest BCUT2D eigenvalue weighted by atomic mass is 9.83. The summed E-state index contributed by atoms with van der Waals surface area (Å²) in [4.78, 5) is 14.2. The number of benzene rings is 1. The standard InChI is InChI=1S/C16H20ClNO5S/c1-22-8-11-5-6-24(20,21)16(11)9-18(10-16)15(19)13-7-12(23-2)3-4-14(13)17/h3-4,7,11H,5-6,8-10H2,1-2H3/t11-/m1/s1. The molecular weight excluding hydrogens is 354 g/mol. The molecule has 1 amide bonds. The van der Waals surface area contributed by atoms with Gasteiger partial charge < -0.3 is 14.4 Å². The number of nitrogens with zero attached hydrogens (tertiary/aromatic N) is 1. The molecule has 1 aromatic carbocycles. The maximum Gasteiger partial charge on any atom is 0.255 e. The Balaban J connectivity index is 1.82. The molecule has 2 saturated heterocycles. The topological polar surface area (TPSA) is 72.9 Å². The molecule has 0 N–H and O–H groups in total. The van der Waals surface area contributed by atoms with E-state index in [1.54, 1.807) is 25.3 Å². The number of likely N-dealkylation sites (tertiary alicyclic amines) is 1. The summed E-state index contributed by atoms with van der Waals surface area (Å²) in [5.41, 5.74) is 0.324. The third kappa shape index (κ3) is 2.59. The number of sulfone groups is 1. The van der Waals surface area contributed by atoms with Gasteiger partial charge in [-0.25, -0.2) is 8.42 Å². The molecular formula is C16H20ClNO5S. The first-order valence-corrected chi connectivity index (χ1v) is 9.72. The number of methoxy groups -OCH3 is 2. The molecule has 0 saturated carbocycles. The van der Waals surface area contributed by atoms with Crippen LogP contribution in [0.25, 0.3) is 0 Å². The van der Waals surface area contributed by atoms with Crippen LogP contribution >= 0.6 is 11.6 Å². The van der Waals surface area contributed by atoms with Crippen LogP contribution in [0.15, 0.2) is 18.2 Å². The molecule has 2 aliphatic rings. The van der Waals surface area contributed by atoms with E-state index in [9.17, 15) is 13.2 Å². The first kappa shape index (κ1) is 17.5. The minimum atomic E-state index is -3.22. The molecule has 1 spiro atoms. The highest BCUT2D eigenvalue weighted by molar-refractivity contribution is 7.93. The lowest BCUT2D eigenvalue weighted by Crippen LogP contribution is -2.68. The van der Waals surface area contributed by atoms with E-state index in [1.807, 2.05) is 0 Å². The number of carbonyl (C=O) groups excluding carboxylic acids is 1. The average Bonchev–Trinajstić information content (AvgIpc) is 2.77. The van der Waals surface area contributed by atoms with Crippen LogP contribution in [0.2, 0.25) is 5.02 Å². The highest BCUT2D eigenvalue weighted by Crippen LogP contribution is 2.45. The molecule has 132 valence electrons. The van der Waals surface area contributed by atoms with Crippen molar-refractivity contribution >= 4 is 27.3 Å². The minimum absolute atomic E-state index is 0.0719. The van der Waals surface area contributed by atoms with Gasteiger partial charge in [-0.15, -0.1) is 0 Å². The maximum absolute atomic E-state index is 12.7. The van der Waals surface area contributed by atoms with Crippen LogP contribution in [-0.4, -0.2) is 63.6 Å². The van der Waals surface area contributed by atoms with Gasteiger partial charge in [0, 0.05) is 26.1 Å². The second-order valence-electron chi connectivity index (χ2n) is 6.33. The molecule has 2 fully saturated rings. The molecule has 0 aliphatic carbocycles. The SMILES string of the molecule is COC[C@H]1CCS(=O)(=O)C12CN(C(=O)c1cc(OC)ccc1Cl)C2. The third-order valence-corrected chi connectivity index (χ3v) is 8.01. The average molecular weight is 374 g/mol. The van der Waals surface area contributed by atoms with Gasteiger partial charge in [0.05, 0.1) is 30.1 Å². The smallest absolute Gasteiger partial charge is 0.255 e. The first-order chi connectivity index (χ1) is 11.3. The van der Waals surface area contributed by atoms with Crippen LogP contribution in [0.4, 0.5) is 0 Å². The first-order valence-electron chi connectivity index (χ1n) is 7.68. The molecule has 3 rings (SSSR count). The van der Waals surface area contributed by atoms with Gasteiger partial charge in [-0.1, -0.05) is 11.6 Å². The van der Waals surface area contributed by atoms with Crippen molar-refractivity contribution in [3.63, 3.8) is 0 Å². The number of hydrogen-bond acceptors (Lipinski definition) is 5. The Kier molecular flexibility index (Phi) is 4.53. The van der Waals surface area contributed by atoms with Gasteiger partial charge in [0.2, 0.25) is 0 Å². The van der Waals surface area contributed by atoms with Gasteiger partial charge >= 0.3 is 0 Å². The predicted molar refractivity (Wildman–Crippen MR) is 90.4 cm³/mol. The van der Waals surface area contributed by atoms with Crippen LogP contribution < -0.4 is 4.74 Å². The summed E-state index contributed by atoms with van der Waals surface area (Å²) < 4.78 is 34.4. The fourth-order valence-electron chi connectivity index (χ4n) is 3.62. The quantitative estimate of drug-likeness (QED) is 0.802. The summed E-state index contributed by atoms with van der Waals surface area (Å²) in [7, 11) is -0.148. The van der Waals surface area contributed by atoms with E-state index in [1.165, 1.54) is 12.0 Å². The molecule has 24 heavy (non-hydrogen) atoms. The van der Waals surface area contributed by atoms with Gasteiger partial charge in [0.1, 0.15) is 10.5 Å². The van der Waals surface area contributed by atoms with Gasteiger partial charge in [-0.05, 0) is 24.6 Å². The zero-order valence-electron chi connectivity index (χ0n) is 13.6. The third-order valence-electron chi connectivity index (χ3n) is 5.07. The molecule has 0 radical (unpaired) electrons. The normalized spacial score (nSPS) is 24.0. The number of rotatable bonds is 4. The summed E-state index contributed by atoms with van der Waals surface area (Å²) in [6.07, 6.45) is 0.581. The van der Waals surface area contributed by atoms with Crippen molar-refractivity contribution in [1.82, 2.24) is 4.90 Å². The highest BCUT2D eigenvalue weighted by atomic mass is 35.5. The number of carbonyl (C=O) groups is 1. The number of ether oxygens (including phenoxy) is 2. The van der Waals surface area contributed by atoms with Gasteiger partial charge in [-0.2, -0.15) is 0 Å². The van der Waals surface area contributed by atoms with E-state index in [-0.39, 0.29) is 30.7 Å². The monoisotopic (exact) mass is 373 g/mol. The molecule has 0 bridgehead atoms. The van der Waals surface area contributed by atoms with Crippen molar-refractivity contribution in [3.05, 3.63) is 28.8 Å². The Hall–Kier alpha value is -1.31. The maximum atomic E-state index is 12.7. The Morgan fingerprint density at radius 2 is 2.08 bits per heavy atom. The van der Waals surface area contributed by atoms with Crippen LogP contribution in [-0.2, 0) is 14.6 Å². The van der Waals surface area contributed by atoms with Crippen LogP contribution in [0, 0.1) is 5.92 Å². The van der Waals surface area contributed by atoms with Gasteiger partial charge in [0.15, 0.2) is 9.84 Å². The largest absolute Gasteiger partial charge is 0.497 e. The summed E-state index contributed by atoms with van der Waals surface area (Å²) in [6, 6.07) is 4.85. The fourth-order valence-corrected chi connectivity index (χ4v) is 6.22. The lowest BCUT2D eigenvalue weighted by molar-refractivity contribution is 0.0337. The van der Waals surface area contributed by atoms with Crippen LogP contribution in [0.1, 0.15) is 16.8 Å². The van der Waals surface area contributed by atoms with E-state index < -0.39 is 14.6 Å². The summed E-state index contributed by atoms with van der Waals surface area (Å²) in [6.45, 7) is 0.770. The molecule has 1 aromatic rings. The van der Waals surface area contributed by atoms with Gasteiger partial charge in [-0.3, -0.25) is 4.79 Å². The number of halogens is 1. The number of amides is 1. The van der Waals surface area contributed by atoms with Crippen molar-refractivity contribution in [2.45, 2.75) is 11.2 Å². The molecule has 0 aromatic heterocycles. The Bertz CT molecular complexity index is 758. The van der Waals surface area contributed by atoms with E-state index in [4.69, 9.17) is 21.1 Å². The lowest BCUT2D eigenvalue weighted by Gasteiger charge is -2.49. The van der Waals surface area contributed by atoms with Gasteiger partial charge in [0.25, 0.3) is 5.91 Å². The van der Waals surface area contributed by atoms with Crippen molar-refractivity contribution in [3.8, 4) is 5.75 Å². The van der Waals surface area contributed by atoms with E-state index in [2.05, 4.69) is 0 Å². The van der Waals surface area contributed by atoms with E-state index >= 15 is 0 Å². The Morgan fingerprint density at radius 1 is 1.38 bits per heavy atom. The zero-order valence-corrected chi connectivity index (χ0v) is 15.2. The molecule has 1 atom stereocenters. The summed E-state index contributed by atoms with van der Waals surface area (Å²) in [5, 5.41) is 0.324. The highest BCUT2D eigenvalue weighted by Gasteiger charge is 2.62. The van der Waals surface area contributed by atoms with Crippen molar-refractivity contribution < 1.29 is 22.7 Å². The Morgan fingerprint density at radius 3 is 2.71 bits per heavy atom. The Labute approximate surface area is 146 Å². The molecule has 2 heterocycles. The van der Waals surface area contributed by atoms with E-state index in [0.717, 1.165) is 0 Å². The van der Waals surface area contributed by atoms with Crippen molar-refractivity contribution in [1.29, 1.82) is 0 Å². The van der Waals surface area contributed by atoms with Crippen molar-refractivity contribution in [2.75, 3.05) is 39.7 Å². The molecule has 8 heteroatoms. The van der Waals surface area contributed by atoms with E-state index in [0.29, 0.717) is 29.4 Å². The molecule has 0 unspecified atom stereocenters. The summed E-state index contributed by atoms with van der Waals surface area (Å²) >= 11 is 6.12. The second kappa shape index (κ2) is 6.20. The fraction of sp³-hybridized carbons (Fsp3) is 0.562. The molecule has 2 aliphatic heterocycles. The number of hydrogen-bond donors (Lipinski definition) is 0. The summed E-state index contributed by atoms with van der Waals surface area (Å²) in [5.74, 6) is 0.340. The predicted octanol–water partition coefficient (Wildman–Crippen LogP) is 1.62. The minimum Gasteiger partial charge on any atom is -0.497 e.